The van der Waals surface area contributed by atoms with E-state index in [1.165, 1.54) is 6.92 Å². The van der Waals surface area contributed by atoms with Crippen molar-refractivity contribution in [2.45, 2.75) is 19.5 Å². The van der Waals surface area contributed by atoms with Crippen molar-refractivity contribution in [3.63, 3.8) is 0 Å². The first kappa shape index (κ1) is 15.8. The van der Waals surface area contributed by atoms with Crippen molar-refractivity contribution in [3.8, 4) is 0 Å². The van der Waals surface area contributed by atoms with Gasteiger partial charge in [-0.1, -0.05) is 48.5 Å². The molecule has 24 heavy (non-hydrogen) atoms. The van der Waals surface area contributed by atoms with Gasteiger partial charge < -0.3 is 15.0 Å². The molecule has 0 aliphatic carbocycles. The fourth-order valence-electron chi connectivity index (χ4n) is 2.67. The molecule has 1 amide bonds. The van der Waals surface area contributed by atoms with Crippen LogP contribution in [0.25, 0.3) is 10.9 Å². The Bertz CT molecular complexity index is 884. The van der Waals surface area contributed by atoms with Gasteiger partial charge in [0.1, 0.15) is 6.04 Å². The lowest BCUT2D eigenvalue weighted by Crippen LogP contribution is -2.38. The molecule has 1 aromatic heterocycles. The van der Waals surface area contributed by atoms with Gasteiger partial charge in [-0.3, -0.25) is 9.59 Å². The first-order valence-corrected chi connectivity index (χ1v) is 7.71. The van der Waals surface area contributed by atoms with Crippen LogP contribution in [0.5, 0.6) is 0 Å². The summed E-state index contributed by atoms with van der Waals surface area (Å²) in [5, 5.41) is 12.3. The number of aliphatic carboxylic acids is 1. The van der Waals surface area contributed by atoms with Crippen LogP contribution in [0, 0.1) is 0 Å². The zero-order valence-corrected chi connectivity index (χ0v) is 13.3. The number of carboxylic acids is 1. The summed E-state index contributed by atoms with van der Waals surface area (Å²) in [6.07, 6.45) is 1.78. The number of aromatic nitrogens is 1. The molecular formula is C19H18N2O3. The number of carbonyl (C=O) groups excluding carboxylic acids is 1. The minimum Gasteiger partial charge on any atom is -0.480 e. The molecule has 0 spiro atoms. The monoisotopic (exact) mass is 322 g/mol. The number of benzene rings is 2. The lowest BCUT2D eigenvalue weighted by Gasteiger charge is -2.08. The molecule has 5 heteroatoms. The van der Waals surface area contributed by atoms with E-state index in [1.54, 1.807) is 6.20 Å². The molecule has 0 aliphatic rings. The van der Waals surface area contributed by atoms with E-state index in [9.17, 15) is 9.59 Å². The van der Waals surface area contributed by atoms with Crippen molar-refractivity contribution in [1.29, 1.82) is 0 Å². The second kappa shape index (κ2) is 6.58. The molecule has 1 atom stereocenters. The lowest BCUT2D eigenvalue weighted by molar-refractivity contribution is -0.138. The summed E-state index contributed by atoms with van der Waals surface area (Å²) in [5.41, 5.74) is 2.55. The third kappa shape index (κ3) is 3.15. The molecule has 0 unspecified atom stereocenters. The number of amides is 1. The van der Waals surface area contributed by atoms with Crippen molar-refractivity contribution in [2.75, 3.05) is 0 Å². The zero-order valence-electron chi connectivity index (χ0n) is 13.3. The predicted molar refractivity (Wildman–Crippen MR) is 92.0 cm³/mol. The molecule has 0 bridgehead atoms. The van der Waals surface area contributed by atoms with Crippen molar-refractivity contribution in [2.24, 2.45) is 0 Å². The highest BCUT2D eigenvalue weighted by molar-refractivity contribution is 6.07. The second-order valence-electron chi connectivity index (χ2n) is 5.71. The number of rotatable bonds is 5. The maximum atomic E-state index is 12.5. The fourth-order valence-corrected chi connectivity index (χ4v) is 2.67. The van der Waals surface area contributed by atoms with Gasteiger partial charge in [0.25, 0.3) is 5.91 Å². The van der Waals surface area contributed by atoms with Crippen LogP contribution < -0.4 is 5.32 Å². The first-order valence-electron chi connectivity index (χ1n) is 7.71. The molecular weight excluding hydrogens is 304 g/mol. The average molecular weight is 322 g/mol. The maximum Gasteiger partial charge on any atom is 0.325 e. The van der Waals surface area contributed by atoms with Crippen molar-refractivity contribution in [3.05, 3.63) is 71.9 Å². The number of carbonyl (C=O) groups is 2. The van der Waals surface area contributed by atoms with Crippen LogP contribution in [-0.4, -0.2) is 27.6 Å². The number of hydrogen-bond donors (Lipinski definition) is 2. The molecule has 3 aromatic rings. The smallest absolute Gasteiger partial charge is 0.325 e. The number of fused-ring (bicyclic) bond motifs is 1. The first-order chi connectivity index (χ1) is 11.6. The highest BCUT2D eigenvalue weighted by Crippen LogP contribution is 2.22. The molecule has 5 nitrogen and oxygen atoms in total. The molecule has 2 N–H and O–H groups in total. The van der Waals surface area contributed by atoms with Crippen molar-refractivity contribution < 1.29 is 14.7 Å². The Kier molecular flexibility index (Phi) is 4.33. The number of hydrogen-bond acceptors (Lipinski definition) is 2. The van der Waals surface area contributed by atoms with Crippen LogP contribution in [-0.2, 0) is 11.3 Å². The summed E-state index contributed by atoms with van der Waals surface area (Å²) in [6.45, 7) is 2.09. The summed E-state index contributed by atoms with van der Waals surface area (Å²) >= 11 is 0. The predicted octanol–water partition coefficient (Wildman–Crippen LogP) is 2.89. The summed E-state index contributed by atoms with van der Waals surface area (Å²) in [4.78, 5) is 23.4. The molecule has 0 saturated carbocycles. The number of nitrogens with one attached hydrogen (secondary N) is 1. The van der Waals surface area contributed by atoms with Crippen molar-refractivity contribution in [1.82, 2.24) is 9.88 Å². The van der Waals surface area contributed by atoms with E-state index in [4.69, 9.17) is 5.11 Å². The topological polar surface area (TPSA) is 71.3 Å². The molecule has 3 rings (SSSR count). The summed E-state index contributed by atoms with van der Waals surface area (Å²) < 4.78 is 2.00. The Morgan fingerprint density at radius 1 is 1.08 bits per heavy atom. The van der Waals surface area contributed by atoms with Crippen LogP contribution in [0.3, 0.4) is 0 Å². The van der Waals surface area contributed by atoms with Crippen LogP contribution in [0.2, 0.25) is 0 Å². The molecule has 122 valence electrons. The zero-order chi connectivity index (χ0) is 17.1. The highest BCUT2D eigenvalue weighted by atomic mass is 16.4. The van der Waals surface area contributed by atoms with Gasteiger partial charge in [0, 0.05) is 23.6 Å². The minimum atomic E-state index is -1.06. The van der Waals surface area contributed by atoms with Gasteiger partial charge in [-0.15, -0.1) is 0 Å². The number of nitrogens with zero attached hydrogens (tertiary/aromatic N) is 1. The minimum absolute atomic E-state index is 0.382. The van der Waals surface area contributed by atoms with E-state index in [1.807, 2.05) is 59.2 Å². The lowest BCUT2D eigenvalue weighted by atomic mass is 10.1. The van der Waals surface area contributed by atoms with Gasteiger partial charge in [-0.2, -0.15) is 0 Å². The standard InChI is InChI=1S/C19H18N2O3/c1-13(19(23)24)20-18(22)16-12-21(11-14-7-3-2-4-8-14)17-10-6-5-9-15(16)17/h2-10,12-13H,11H2,1H3,(H,20,22)(H,23,24)/t13-/m1/s1. The van der Waals surface area contributed by atoms with E-state index < -0.39 is 12.0 Å². The Balaban J connectivity index is 1.97. The molecule has 1 heterocycles. The van der Waals surface area contributed by atoms with Crippen LogP contribution in [0.15, 0.2) is 60.8 Å². The molecule has 0 fully saturated rings. The Hall–Kier alpha value is -3.08. The third-order valence-corrected chi connectivity index (χ3v) is 3.95. The van der Waals surface area contributed by atoms with Crippen LogP contribution in [0.1, 0.15) is 22.8 Å². The highest BCUT2D eigenvalue weighted by Gasteiger charge is 2.19. The van der Waals surface area contributed by atoms with Crippen LogP contribution >= 0.6 is 0 Å². The van der Waals surface area contributed by atoms with Crippen molar-refractivity contribution >= 4 is 22.8 Å². The molecule has 0 saturated heterocycles. The van der Waals surface area contributed by atoms with Gasteiger partial charge in [0.2, 0.25) is 0 Å². The summed E-state index contributed by atoms with van der Waals surface area (Å²) in [6, 6.07) is 16.6. The van der Waals surface area contributed by atoms with E-state index in [0.717, 1.165) is 16.5 Å². The Labute approximate surface area is 139 Å². The number of carboxylic acid groups (broad SMARTS) is 1. The average Bonchev–Trinajstić information content (AvgIpc) is 2.94. The van der Waals surface area contributed by atoms with E-state index in [-0.39, 0.29) is 5.91 Å². The largest absolute Gasteiger partial charge is 0.480 e. The van der Waals surface area contributed by atoms with E-state index in [0.29, 0.717) is 12.1 Å². The Morgan fingerprint density at radius 3 is 2.46 bits per heavy atom. The SMILES string of the molecule is C[C@@H](NC(=O)c1cn(Cc2ccccc2)c2ccccc12)C(=O)O. The number of para-hydroxylation sites is 1. The third-order valence-electron chi connectivity index (χ3n) is 3.95. The van der Waals surface area contributed by atoms with E-state index >= 15 is 0 Å². The normalized spacial score (nSPS) is 12.0. The van der Waals surface area contributed by atoms with Gasteiger partial charge >= 0.3 is 5.97 Å². The van der Waals surface area contributed by atoms with Gasteiger partial charge in [-0.25, -0.2) is 0 Å². The second-order valence-corrected chi connectivity index (χ2v) is 5.71. The molecule has 0 radical (unpaired) electrons. The quantitative estimate of drug-likeness (QED) is 0.759. The molecule has 2 aromatic carbocycles. The van der Waals surface area contributed by atoms with Gasteiger partial charge in [-0.05, 0) is 18.6 Å². The van der Waals surface area contributed by atoms with Gasteiger partial charge in [0.15, 0.2) is 0 Å². The Morgan fingerprint density at radius 2 is 1.75 bits per heavy atom. The fraction of sp³-hybridized carbons (Fsp3) is 0.158. The van der Waals surface area contributed by atoms with Crippen LogP contribution in [0.4, 0.5) is 0 Å². The van der Waals surface area contributed by atoms with E-state index in [2.05, 4.69) is 5.32 Å². The van der Waals surface area contributed by atoms with Gasteiger partial charge in [0.05, 0.1) is 5.56 Å². The summed E-state index contributed by atoms with van der Waals surface area (Å²) in [5.74, 6) is -1.44. The molecule has 0 aliphatic heterocycles. The summed E-state index contributed by atoms with van der Waals surface area (Å²) in [7, 11) is 0. The maximum absolute atomic E-state index is 12.5.